The minimum atomic E-state index is -0.0767. The summed E-state index contributed by atoms with van der Waals surface area (Å²) in [6.45, 7) is 3.31. The SMILES string of the molecule is Cc1nc2c3ccccc3nc(N3CCC(C(=O)Nc4ccc(Cl)cn4)CC3)n2n1. The molecule has 152 valence electrons. The Morgan fingerprint density at radius 2 is 1.93 bits per heavy atom. The van der Waals surface area contributed by atoms with Crippen LogP contribution in [-0.4, -0.2) is 43.6 Å². The number of benzene rings is 1. The van der Waals surface area contributed by atoms with Crippen LogP contribution in [0.25, 0.3) is 16.6 Å². The standard InChI is InChI=1S/C21H20ClN7O/c1-13-24-19-16-4-2-3-5-17(16)25-21(29(19)27-13)28-10-8-14(9-11-28)20(30)26-18-7-6-15(22)12-23-18/h2-7,12,14H,8-11H2,1H3,(H,23,26,30). The van der Waals surface area contributed by atoms with Gasteiger partial charge in [-0.2, -0.15) is 4.52 Å². The first-order valence-corrected chi connectivity index (χ1v) is 10.3. The molecule has 9 heteroatoms. The zero-order chi connectivity index (χ0) is 20.7. The number of hydrogen-bond acceptors (Lipinski definition) is 6. The van der Waals surface area contributed by atoms with Crippen molar-refractivity contribution in [2.45, 2.75) is 19.8 Å². The normalized spacial score (nSPS) is 15.1. The lowest BCUT2D eigenvalue weighted by atomic mass is 9.96. The number of carbonyl (C=O) groups excluding carboxylic acids is 1. The molecule has 4 aromatic rings. The third kappa shape index (κ3) is 3.43. The molecule has 1 saturated heterocycles. The van der Waals surface area contributed by atoms with Crippen molar-refractivity contribution in [3.05, 3.63) is 53.4 Å². The van der Waals surface area contributed by atoms with E-state index in [2.05, 4.69) is 25.3 Å². The van der Waals surface area contributed by atoms with Gasteiger partial charge < -0.3 is 10.2 Å². The first kappa shape index (κ1) is 18.7. The second kappa shape index (κ2) is 7.53. The van der Waals surface area contributed by atoms with Gasteiger partial charge in [-0.25, -0.2) is 15.0 Å². The van der Waals surface area contributed by atoms with Crippen molar-refractivity contribution in [3.8, 4) is 0 Å². The largest absolute Gasteiger partial charge is 0.341 e. The first-order chi connectivity index (χ1) is 14.6. The molecule has 1 aromatic carbocycles. The van der Waals surface area contributed by atoms with Crippen LogP contribution in [0.4, 0.5) is 11.8 Å². The molecule has 0 radical (unpaired) electrons. The number of pyridine rings is 1. The summed E-state index contributed by atoms with van der Waals surface area (Å²) < 4.78 is 1.82. The number of carbonyl (C=O) groups is 1. The zero-order valence-corrected chi connectivity index (χ0v) is 17.2. The smallest absolute Gasteiger partial charge is 0.229 e. The summed E-state index contributed by atoms with van der Waals surface area (Å²) in [5, 5.41) is 8.96. The highest BCUT2D eigenvalue weighted by molar-refractivity contribution is 6.30. The summed E-state index contributed by atoms with van der Waals surface area (Å²) in [5.41, 5.74) is 1.70. The van der Waals surface area contributed by atoms with Crippen molar-refractivity contribution in [1.82, 2.24) is 24.6 Å². The van der Waals surface area contributed by atoms with Crippen molar-refractivity contribution < 1.29 is 4.79 Å². The lowest BCUT2D eigenvalue weighted by Crippen LogP contribution is -2.39. The van der Waals surface area contributed by atoms with E-state index in [1.54, 1.807) is 12.1 Å². The topological polar surface area (TPSA) is 88.3 Å². The number of halogens is 1. The van der Waals surface area contributed by atoms with Gasteiger partial charge in [-0.05, 0) is 44.0 Å². The van der Waals surface area contributed by atoms with Gasteiger partial charge in [0.05, 0.1) is 10.5 Å². The number of anilines is 2. The summed E-state index contributed by atoms with van der Waals surface area (Å²) >= 11 is 5.85. The molecular formula is C21H20ClN7O. The Bertz CT molecular complexity index is 1230. The number of amides is 1. The summed E-state index contributed by atoms with van der Waals surface area (Å²) in [4.78, 5) is 28.4. The highest BCUT2D eigenvalue weighted by atomic mass is 35.5. The summed E-state index contributed by atoms with van der Waals surface area (Å²) in [7, 11) is 0. The highest BCUT2D eigenvalue weighted by Gasteiger charge is 2.28. The van der Waals surface area contributed by atoms with E-state index in [4.69, 9.17) is 16.6 Å². The molecule has 30 heavy (non-hydrogen) atoms. The number of aromatic nitrogens is 5. The number of aryl methyl sites for hydroxylation is 1. The van der Waals surface area contributed by atoms with E-state index < -0.39 is 0 Å². The van der Waals surface area contributed by atoms with Gasteiger partial charge in [0, 0.05) is 30.6 Å². The predicted octanol–water partition coefficient (Wildman–Crippen LogP) is 3.49. The third-order valence-corrected chi connectivity index (χ3v) is 5.62. The van der Waals surface area contributed by atoms with Gasteiger partial charge in [0.15, 0.2) is 5.65 Å². The van der Waals surface area contributed by atoms with E-state index in [1.807, 2.05) is 35.7 Å². The van der Waals surface area contributed by atoms with Gasteiger partial charge in [0.25, 0.3) is 0 Å². The van der Waals surface area contributed by atoms with Crippen molar-refractivity contribution in [1.29, 1.82) is 0 Å². The number of hydrogen-bond donors (Lipinski definition) is 1. The molecule has 0 aliphatic carbocycles. The van der Waals surface area contributed by atoms with E-state index in [0.29, 0.717) is 29.8 Å². The van der Waals surface area contributed by atoms with Crippen LogP contribution in [0.15, 0.2) is 42.6 Å². The number of piperidine rings is 1. The van der Waals surface area contributed by atoms with Gasteiger partial charge in [-0.3, -0.25) is 4.79 Å². The van der Waals surface area contributed by atoms with Gasteiger partial charge >= 0.3 is 0 Å². The van der Waals surface area contributed by atoms with E-state index >= 15 is 0 Å². The Morgan fingerprint density at radius 3 is 2.70 bits per heavy atom. The highest BCUT2D eigenvalue weighted by Crippen LogP contribution is 2.27. The summed E-state index contributed by atoms with van der Waals surface area (Å²) in [5.74, 6) is 1.90. The van der Waals surface area contributed by atoms with Gasteiger partial charge in [0.2, 0.25) is 11.9 Å². The molecule has 1 aliphatic rings. The molecular weight excluding hydrogens is 402 g/mol. The first-order valence-electron chi connectivity index (χ1n) is 9.88. The molecule has 0 saturated carbocycles. The summed E-state index contributed by atoms with van der Waals surface area (Å²) in [6, 6.07) is 11.4. The maximum atomic E-state index is 12.6. The lowest BCUT2D eigenvalue weighted by Gasteiger charge is -2.32. The quantitative estimate of drug-likeness (QED) is 0.544. The molecule has 1 amide bonds. The van der Waals surface area contributed by atoms with Crippen LogP contribution in [0.2, 0.25) is 5.02 Å². The van der Waals surface area contributed by atoms with E-state index in [1.165, 1.54) is 6.20 Å². The van der Waals surface area contributed by atoms with Crippen LogP contribution in [0.1, 0.15) is 18.7 Å². The molecule has 1 N–H and O–H groups in total. The molecule has 0 bridgehead atoms. The van der Waals surface area contributed by atoms with Crippen LogP contribution in [0.3, 0.4) is 0 Å². The van der Waals surface area contributed by atoms with E-state index in [0.717, 1.165) is 35.3 Å². The molecule has 8 nitrogen and oxygen atoms in total. The third-order valence-electron chi connectivity index (χ3n) is 5.40. The van der Waals surface area contributed by atoms with Crippen LogP contribution in [0, 0.1) is 12.8 Å². The molecule has 5 rings (SSSR count). The van der Waals surface area contributed by atoms with Crippen molar-refractivity contribution in [2.75, 3.05) is 23.3 Å². The molecule has 0 unspecified atom stereocenters. The van der Waals surface area contributed by atoms with Gasteiger partial charge in [-0.15, -0.1) is 5.10 Å². The van der Waals surface area contributed by atoms with Crippen LogP contribution < -0.4 is 10.2 Å². The molecule has 1 aliphatic heterocycles. The average molecular weight is 422 g/mol. The summed E-state index contributed by atoms with van der Waals surface area (Å²) in [6.07, 6.45) is 2.97. The predicted molar refractivity (Wildman–Crippen MR) is 116 cm³/mol. The molecule has 0 atom stereocenters. The molecule has 3 aromatic heterocycles. The fraction of sp³-hybridized carbons (Fsp3) is 0.286. The van der Waals surface area contributed by atoms with Crippen molar-refractivity contribution in [2.24, 2.45) is 5.92 Å². The Hall–Kier alpha value is -3.26. The number of nitrogens with zero attached hydrogens (tertiary/aromatic N) is 6. The Balaban J connectivity index is 1.35. The monoisotopic (exact) mass is 421 g/mol. The Kier molecular flexibility index (Phi) is 4.71. The fourth-order valence-corrected chi connectivity index (χ4v) is 3.98. The number of fused-ring (bicyclic) bond motifs is 3. The molecule has 0 spiro atoms. The number of para-hydroxylation sites is 1. The zero-order valence-electron chi connectivity index (χ0n) is 16.4. The maximum absolute atomic E-state index is 12.6. The molecule has 1 fully saturated rings. The second-order valence-corrected chi connectivity index (χ2v) is 7.87. The lowest BCUT2D eigenvalue weighted by molar-refractivity contribution is -0.120. The maximum Gasteiger partial charge on any atom is 0.229 e. The van der Waals surface area contributed by atoms with Crippen molar-refractivity contribution >= 4 is 45.8 Å². The van der Waals surface area contributed by atoms with E-state index in [-0.39, 0.29) is 11.8 Å². The molecule has 4 heterocycles. The van der Waals surface area contributed by atoms with E-state index in [9.17, 15) is 4.79 Å². The Morgan fingerprint density at radius 1 is 1.13 bits per heavy atom. The number of nitrogens with one attached hydrogen (secondary N) is 1. The Labute approximate surface area is 177 Å². The second-order valence-electron chi connectivity index (χ2n) is 7.44. The van der Waals surface area contributed by atoms with Gasteiger partial charge in [-0.1, -0.05) is 23.7 Å². The van der Waals surface area contributed by atoms with Crippen LogP contribution in [-0.2, 0) is 4.79 Å². The minimum Gasteiger partial charge on any atom is -0.341 e. The van der Waals surface area contributed by atoms with Crippen LogP contribution >= 0.6 is 11.6 Å². The van der Waals surface area contributed by atoms with Gasteiger partial charge in [0.1, 0.15) is 11.6 Å². The van der Waals surface area contributed by atoms with Crippen LogP contribution in [0.5, 0.6) is 0 Å². The minimum absolute atomic E-state index is 0.0160. The number of rotatable bonds is 3. The average Bonchev–Trinajstić information content (AvgIpc) is 3.16. The van der Waals surface area contributed by atoms with Crippen molar-refractivity contribution in [3.63, 3.8) is 0 Å². The fourth-order valence-electron chi connectivity index (χ4n) is 3.87.